The van der Waals surface area contributed by atoms with Crippen molar-refractivity contribution in [2.45, 2.75) is 18.7 Å². The summed E-state index contributed by atoms with van der Waals surface area (Å²) in [6, 6.07) is 9.71. The fraction of sp³-hybridized carbons (Fsp3) is 0.381. The Morgan fingerprint density at radius 2 is 1.83 bits per heavy atom. The number of nitrogens with zero attached hydrogens (tertiary/aromatic N) is 1. The molecule has 8 nitrogen and oxygen atoms in total. The third-order valence-corrected chi connectivity index (χ3v) is 6.67. The lowest BCUT2D eigenvalue weighted by molar-refractivity contribution is 0.0729. The van der Waals surface area contributed by atoms with E-state index >= 15 is 0 Å². The minimum atomic E-state index is -3.79. The second-order valence-corrected chi connectivity index (χ2v) is 8.66. The number of methoxy groups -OCH3 is 1. The van der Waals surface area contributed by atoms with Crippen LogP contribution in [0.15, 0.2) is 41.3 Å². The number of aryl methyl sites for hydroxylation is 1. The fourth-order valence-corrected chi connectivity index (χ4v) is 4.78. The van der Waals surface area contributed by atoms with Gasteiger partial charge in [-0.25, -0.2) is 8.42 Å². The number of hydrogen-bond donors (Lipinski definition) is 1. The summed E-state index contributed by atoms with van der Waals surface area (Å²) in [5, 5.41) is 2.76. The van der Waals surface area contributed by atoms with Crippen molar-refractivity contribution in [2.24, 2.45) is 0 Å². The van der Waals surface area contributed by atoms with Gasteiger partial charge in [0.1, 0.15) is 16.4 Å². The Morgan fingerprint density at radius 3 is 2.47 bits per heavy atom. The molecule has 1 N–H and O–H groups in total. The highest BCUT2D eigenvalue weighted by Gasteiger charge is 2.29. The van der Waals surface area contributed by atoms with E-state index in [2.05, 4.69) is 5.32 Å². The van der Waals surface area contributed by atoms with E-state index in [0.29, 0.717) is 31.1 Å². The fourth-order valence-electron chi connectivity index (χ4n) is 3.19. The van der Waals surface area contributed by atoms with Gasteiger partial charge in [-0.15, -0.1) is 0 Å². The van der Waals surface area contributed by atoms with Crippen molar-refractivity contribution in [1.82, 2.24) is 4.31 Å². The van der Waals surface area contributed by atoms with Crippen LogP contribution in [0.5, 0.6) is 11.5 Å². The number of ether oxygens (including phenoxy) is 3. The molecule has 9 heteroatoms. The molecule has 0 atom stereocenters. The molecular weight excluding hydrogens is 408 g/mol. The second-order valence-electron chi connectivity index (χ2n) is 6.75. The van der Waals surface area contributed by atoms with Gasteiger partial charge in [0.05, 0.1) is 26.9 Å². The number of hydrogen-bond acceptors (Lipinski definition) is 6. The number of amides is 1. The van der Waals surface area contributed by atoms with Crippen LogP contribution in [0.25, 0.3) is 0 Å². The molecule has 1 aliphatic rings. The molecule has 0 aromatic heterocycles. The molecule has 0 bridgehead atoms. The minimum Gasteiger partial charge on any atom is -0.495 e. The second kappa shape index (κ2) is 9.46. The Bertz CT molecular complexity index is 1020. The summed E-state index contributed by atoms with van der Waals surface area (Å²) < 4.78 is 43.5. The highest BCUT2D eigenvalue weighted by atomic mass is 32.2. The van der Waals surface area contributed by atoms with E-state index in [4.69, 9.17) is 14.2 Å². The maximum absolute atomic E-state index is 13.1. The molecule has 0 aliphatic carbocycles. The zero-order valence-corrected chi connectivity index (χ0v) is 18.1. The molecule has 1 amide bonds. The number of sulfonamides is 1. The van der Waals surface area contributed by atoms with Crippen LogP contribution in [0, 0.1) is 6.92 Å². The SMILES string of the molecule is CCOc1ccc(C(=O)Nc2ccc(OC)c(S(=O)(=O)N3CCOCC3)c2)cc1C. The Kier molecular flexibility index (Phi) is 6.96. The van der Waals surface area contributed by atoms with Crippen LogP contribution in [-0.2, 0) is 14.8 Å². The topological polar surface area (TPSA) is 94.2 Å². The van der Waals surface area contributed by atoms with Crippen LogP contribution in [-0.4, -0.2) is 58.7 Å². The first-order valence-corrected chi connectivity index (χ1v) is 11.1. The average molecular weight is 435 g/mol. The Labute approximate surface area is 176 Å². The van der Waals surface area contributed by atoms with Gasteiger partial charge in [-0.3, -0.25) is 4.79 Å². The van der Waals surface area contributed by atoms with Crippen molar-refractivity contribution < 1.29 is 27.4 Å². The van der Waals surface area contributed by atoms with Crippen LogP contribution < -0.4 is 14.8 Å². The molecule has 2 aromatic carbocycles. The summed E-state index contributed by atoms with van der Waals surface area (Å²) in [5.41, 5.74) is 1.65. The number of carbonyl (C=O) groups excluding carboxylic acids is 1. The lowest BCUT2D eigenvalue weighted by atomic mass is 10.1. The van der Waals surface area contributed by atoms with Gasteiger partial charge in [-0.2, -0.15) is 4.31 Å². The highest BCUT2D eigenvalue weighted by Crippen LogP contribution is 2.30. The number of carbonyl (C=O) groups is 1. The molecular formula is C21H26N2O6S. The van der Waals surface area contributed by atoms with E-state index in [9.17, 15) is 13.2 Å². The van der Waals surface area contributed by atoms with E-state index < -0.39 is 10.0 Å². The third-order valence-electron chi connectivity index (χ3n) is 4.75. The lowest BCUT2D eigenvalue weighted by Gasteiger charge is -2.26. The molecule has 0 spiro atoms. The van der Waals surface area contributed by atoms with Gasteiger partial charge in [0.15, 0.2) is 0 Å². The van der Waals surface area contributed by atoms with Crippen molar-refractivity contribution >= 4 is 21.6 Å². The molecule has 1 aliphatic heterocycles. The smallest absolute Gasteiger partial charge is 0.255 e. The summed E-state index contributed by atoms with van der Waals surface area (Å²) >= 11 is 0. The van der Waals surface area contributed by atoms with E-state index in [1.807, 2.05) is 13.8 Å². The summed E-state index contributed by atoms with van der Waals surface area (Å²) in [6.45, 7) is 5.53. The molecule has 30 heavy (non-hydrogen) atoms. The van der Waals surface area contributed by atoms with Gasteiger partial charge < -0.3 is 19.5 Å². The molecule has 0 unspecified atom stereocenters. The third kappa shape index (κ3) is 4.75. The van der Waals surface area contributed by atoms with Crippen molar-refractivity contribution in [3.8, 4) is 11.5 Å². The predicted octanol–water partition coefficient (Wildman–Crippen LogP) is 2.68. The molecule has 0 saturated carbocycles. The summed E-state index contributed by atoms with van der Waals surface area (Å²) in [5.74, 6) is 0.592. The van der Waals surface area contributed by atoms with E-state index in [-0.39, 0.29) is 29.6 Å². The number of morpholine rings is 1. The molecule has 1 heterocycles. The standard InChI is InChI=1S/C21H26N2O6S/c1-4-29-18-7-5-16(13-15(18)2)21(24)22-17-6-8-19(27-3)20(14-17)30(25,26)23-9-11-28-12-10-23/h5-8,13-14H,4,9-12H2,1-3H3,(H,22,24). The zero-order chi connectivity index (χ0) is 21.7. The van der Waals surface area contributed by atoms with Crippen LogP contribution >= 0.6 is 0 Å². The Morgan fingerprint density at radius 1 is 1.13 bits per heavy atom. The maximum Gasteiger partial charge on any atom is 0.255 e. The summed E-state index contributed by atoms with van der Waals surface area (Å²) in [4.78, 5) is 12.7. The number of nitrogens with one attached hydrogen (secondary N) is 1. The predicted molar refractivity (Wildman–Crippen MR) is 113 cm³/mol. The van der Waals surface area contributed by atoms with Crippen LogP contribution in [0.4, 0.5) is 5.69 Å². The van der Waals surface area contributed by atoms with Crippen LogP contribution in [0.2, 0.25) is 0 Å². The van der Waals surface area contributed by atoms with Crippen LogP contribution in [0.3, 0.4) is 0 Å². The van der Waals surface area contributed by atoms with Crippen molar-refractivity contribution in [3.63, 3.8) is 0 Å². The lowest BCUT2D eigenvalue weighted by Crippen LogP contribution is -2.40. The minimum absolute atomic E-state index is 0.00701. The van der Waals surface area contributed by atoms with Gasteiger partial charge >= 0.3 is 0 Å². The van der Waals surface area contributed by atoms with Crippen LogP contribution in [0.1, 0.15) is 22.8 Å². The van der Waals surface area contributed by atoms with E-state index in [0.717, 1.165) is 11.3 Å². The van der Waals surface area contributed by atoms with E-state index in [1.165, 1.54) is 23.5 Å². The normalized spacial score (nSPS) is 14.9. The first kappa shape index (κ1) is 22.1. The monoisotopic (exact) mass is 434 g/mol. The molecule has 1 fully saturated rings. The Balaban J connectivity index is 1.86. The van der Waals surface area contributed by atoms with Gasteiger partial charge in [0.2, 0.25) is 10.0 Å². The maximum atomic E-state index is 13.1. The van der Waals surface area contributed by atoms with Gasteiger partial charge in [0.25, 0.3) is 5.91 Å². The van der Waals surface area contributed by atoms with Crippen molar-refractivity contribution in [2.75, 3.05) is 45.3 Å². The van der Waals surface area contributed by atoms with Crippen molar-refractivity contribution in [3.05, 3.63) is 47.5 Å². The quantitative estimate of drug-likeness (QED) is 0.720. The first-order chi connectivity index (χ1) is 14.4. The van der Waals surface area contributed by atoms with Gasteiger partial charge in [-0.05, 0) is 55.8 Å². The number of anilines is 1. The molecule has 3 rings (SSSR count). The van der Waals surface area contributed by atoms with E-state index in [1.54, 1.807) is 24.3 Å². The molecule has 2 aromatic rings. The number of rotatable bonds is 7. The van der Waals surface area contributed by atoms with Crippen molar-refractivity contribution in [1.29, 1.82) is 0 Å². The molecule has 1 saturated heterocycles. The molecule has 0 radical (unpaired) electrons. The Hall–Kier alpha value is -2.62. The first-order valence-electron chi connectivity index (χ1n) is 9.67. The van der Waals surface area contributed by atoms with Gasteiger partial charge in [-0.1, -0.05) is 0 Å². The van der Waals surface area contributed by atoms with Gasteiger partial charge in [0, 0.05) is 24.3 Å². The number of benzene rings is 2. The molecule has 162 valence electrons. The summed E-state index contributed by atoms with van der Waals surface area (Å²) in [6.07, 6.45) is 0. The average Bonchev–Trinajstić information content (AvgIpc) is 2.75. The zero-order valence-electron chi connectivity index (χ0n) is 17.3. The highest BCUT2D eigenvalue weighted by molar-refractivity contribution is 7.89. The largest absolute Gasteiger partial charge is 0.495 e. The summed E-state index contributed by atoms with van der Waals surface area (Å²) in [7, 11) is -2.37.